The van der Waals surface area contributed by atoms with E-state index in [0.717, 1.165) is 0 Å². The summed E-state index contributed by atoms with van der Waals surface area (Å²) in [6.07, 6.45) is 0. The van der Waals surface area contributed by atoms with Crippen molar-refractivity contribution in [3.8, 4) is 11.4 Å². The summed E-state index contributed by atoms with van der Waals surface area (Å²) in [5.41, 5.74) is 12.8. The second-order valence-corrected chi connectivity index (χ2v) is 13.9. The summed E-state index contributed by atoms with van der Waals surface area (Å²) in [5.74, 6) is 0. The number of nitrogens with zero attached hydrogens (tertiary/aromatic N) is 2. The highest BCUT2D eigenvalue weighted by atomic mass is 32.1. The van der Waals surface area contributed by atoms with E-state index in [-0.39, 0.29) is 0 Å². The topological polar surface area (TPSA) is 9.86 Å². The average Bonchev–Trinajstić information content (AvgIpc) is 3.69. The van der Waals surface area contributed by atoms with Crippen LogP contribution in [0.5, 0.6) is 0 Å². The van der Waals surface area contributed by atoms with E-state index < -0.39 is 0 Å². The molecule has 202 valence electrons. The van der Waals surface area contributed by atoms with Gasteiger partial charge in [-0.2, -0.15) is 0 Å². The van der Waals surface area contributed by atoms with Crippen LogP contribution in [0.4, 0.5) is 0 Å². The first-order valence-corrected chi connectivity index (χ1v) is 16.1. The maximum Gasteiger partial charge on any atom is 0.0728 e. The van der Waals surface area contributed by atoms with Gasteiger partial charge in [0.2, 0.25) is 0 Å². The molecule has 0 fully saturated rings. The normalized spacial score (nSPS) is 12.3. The number of rotatable bonds is 2. The highest BCUT2D eigenvalue weighted by molar-refractivity contribution is 7.28. The van der Waals surface area contributed by atoms with Crippen molar-refractivity contribution in [2.75, 3.05) is 0 Å². The van der Waals surface area contributed by atoms with Gasteiger partial charge in [-0.05, 0) is 87.4 Å². The number of hydrogen-bond donors (Lipinski definition) is 0. The fourth-order valence-electron chi connectivity index (χ4n) is 6.67. The number of aryl methyl sites for hydroxylation is 4. The van der Waals surface area contributed by atoms with Crippen LogP contribution in [0.25, 0.3) is 73.8 Å². The highest BCUT2D eigenvalue weighted by Crippen LogP contribution is 2.48. The minimum absolute atomic E-state index is 1.22. The van der Waals surface area contributed by atoms with E-state index in [1.807, 2.05) is 22.7 Å². The van der Waals surface area contributed by atoms with Gasteiger partial charge in [-0.1, -0.05) is 59.7 Å². The van der Waals surface area contributed by atoms with Gasteiger partial charge in [-0.15, -0.1) is 22.7 Å². The van der Waals surface area contributed by atoms with E-state index >= 15 is 0 Å². The Morgan fingerprint density at radius 2 is 0.786 bits per heavy atom. The lowest BCUT2D eigenvalue weighted by Gasteiger charge is -2.10. The molecule has 9 rings (SSSR count). The van der Waals surface area contributed by atoms with Gasteiger partial charge in [0.25, 0.3) is 0 Å². The van der Waals surface area contributed by atoms with E-state index in [2.05, 4.69) is 134 Å². The molecule has 0 spiro atoms. The molecule has 5 aromatic carbocycles. The molecular formula is C38H28N2S2. The first-order valence-electron chi connectivity index (χ1n) is 14.4. The first-order chi connectivity index (χ1) is 20.4. The predicted molar refractivity (Wildman–Crippen MR) is 185 cm³/mol. The Hall–Kier alpha value is -4.38. The summed E-state index contributed by atoms with van der Waals surface area (Å²) in [5, 5.41) is 5.33. The molecule has 4 heterocycles. The van der Waals surface area contributed by atoms with E-state index in [1.165, 1.54) is 96.0 Å². The Labute approximate surface area is 251 Å². The van der Waals surface area contributed by atoms with Crippen LogP contribution in [0.2, 0.25) is 0 Å². The van der Waals surface area contributed by atoms with Crippen LogP contribution in [0.1, 0.15) is 22.3 Å². The molecule has 0 radical (unpaired) electrons. The summed E-state index contributed by atoms with van der Waals surface area (Å²) in [6.45, 7) is 8.69. The van der Waals surface area contributed by atoms with Crippen molar-refractivity contribution < 1.29 is 0 Å². The van der Waals surface area contributed by atoms with Crippen molar-refractivity contribution in [2.45, 2.75) is 27.7 Å². The molecule has 0 bridgehead atoms. The minimum atomic E-state index is 1.22. The van der Waals surface area contributed by atoms with E-state index in [4.69, 9.17) is 0 Å². The van der Waals surface area contributed by atoms with Gasteiger partial charge >= 0.3 is 0 Å². The number of benzene rings is 5. The highest BCUT2D eigenvalue weighted by Gasteiger charge is 2.22. The van der Waals surface area contributed by atoms with Crippen LogP contribution in [0.3, 0.4) is 0 Å². The van der Waals surface area contributed by atoms with Crippen LogP contribution >= 0.6 is 22.7 Å². The zero-order chi connectivity index (χ0) is 28.3. The SMILES string of the molecule is Cc1ccc(-n2c3cc(C)ccc3c3sc4cc5c(cc4c32)sc2c3ccc(C)cc3n(-c3ccc(C)cc3)c52)cc1. The smallest absolute Gasteiger partial charge is 0.0728 e. The van der Waals surface area contributed by atoms with Crippen molar-refractivity contribution in [1.29, 1.82) is 0 Å². The Kier molecular flexibility index (Phi) is 4.95. The van der Waals surface area contributed by atoms with E-state index in [9.17, 15) is 0 Å². The molecule has 0 saturated carbocycles. The molecular weight excluding hydrogens is 549 g/mol. The summed E-state index contributed by atoms with van der Waals surface area (Å²) in [6, 6.07) is 36.6. The summed E-state index contributed by atoms with van der Waals surface area (Å²) in [4.78, 5) is 0. The molecule has 0 N–H and O–H groups in total. The standard InChI is InChI=1S/C38H28N2S2/c1-21-5-11-25(12-6-21)39-31-17-23(3)9-15-27(31)37-35(39)29-19-34-30(20-33(29)41-37)36-38(42-34)28-16-10-24(4)18-32(28)40(36)26-13-7-22(2)8-14-26/h5-20H,1-4H3. The lowest BCUT2D eigenvalue weighted by molar-refractivity contribution is 1.18. The third kappa shape index (κ3) is 3.31. The Balaban J connectivity index is 1.42. The van der Waals surface area contributed by atoms with Crippen molar-refractivity contribution in [2.24, 2.45) is 0 Å². The Bertz CT molecular complexity index is 2350. The van der Waals surface area contributed by atoms with Crippen LogP contribution in [-0.2, 0) is 0 Å². The Morgan fingerprint density at radius 1 is 0.405 bits per heavy atom. The zero-order valence-electron chi connectivity index (χ0n) is 23.9. The summed E-state index contributed by atoms with van der Waals surface area (Å²) in [7, 11) is 0. The van der Waals surface area contributed by atoms with Gasteiger partial charge < -0.3 is 9.13 Å². The molecule has 0 unspecified atom stereocenters. The molecule has 2 nitrogen and oxygen atoms in total. The fraction of sp³-hybridized carbons (Fsp3) is 0.105. The van der Waals surface area contributed by atoms with Crippen LogP contribution in [-0.4, -0.2) is 9.13 Å². The Morgan fingerprint density at radius 3 is 1.19 bits per heavy atom. The molecule has 0 atom stereocenters. The molecule has 0 aliphatic rings. The maximum atomic E-state index is 2.49. The van der Waals surface area contributed by atoms with E-state index in [1.54, 1.807) is 0 Å². The van der Waals surface area contributed by atoms with Gasteiger partial charge in [0.05, 0.1) is 31.5 Å². The molecule has 0 aliphatic carbocycles. The van der Waals surface area contributed by atoms with Crippen LogP contribution in [0, 0.1) is 27.7 Å². The lowest BCUT2D eigenvalue weighted by atomic mass is 10.1. The van der Waals surface area contributed by atoms with E-state index in [0.29, 0.717) is 0 Å². The molecule has 4 aromatic heterocycles. The van der Waals surface area contributed by atoms with Crippen molar-refractivity contribution in [3.63, 3.8) is 0 Å². The van der Waals surface area contributed by atoms with Gasteiger partial charge in [-0.25, -0.2) is 0 Å². The van der Waals surface area contributed by atoms with Crippen molar-refractivity contribution in [3.05, 3.63) is 119 Å². The van der Waals surface area contributed by atoms with Crippen LogP contribution in [0.15, 0.2) is 97.1 Å². The van der Waals surface area contributed by atoms with Crippen molar-refractivity contribution in [1.82, 2.24) is 9.13 Å². The molecule has 0 saturated heterocycles. The zero-order valence-corrected chi connectivity index (χ0v) is 25.6. The molecule has 0 amide bonds. The van der Waals surface area contributed by atoms with Crippen LogP contribution < -0.4 is 0 Å². The monoisotopic (exact) mass is 576 g/mol. The maximum absolute atomic E-state index is 2.49. The molecule has 0 aliphatic heterocycles. The molecule has 9 aromatic rings. The quantitative estimate of drug-likeness (QED) is 0.194. The number of hydrogen-bond acceptors (Lipinski definition) is 2. The third-order valence-corrected chi connectivity index (χ3v) is 11.1. The number of fused-ring (bicyclic) bond motifs is 10. The lowest BCUT2D eigenvalue weighted by Crippen LogP contribution is -1.94. The average molecular weight is 577 g/mol. The third-order valence-electron chi connectivity index (χ3n) is 8.76. The molecule has 42 heavy (non-hydrogen) atoms. The van der Waals surface area contributed by atoms with Gasteiger partial charge in [-0.3, -0.25) is 0 Å². The second kappa shape index (κ2) is 8.57. The largest absolute Gasteiger partial charge is 0.308 e. The first kappa shape index (κ1) is 24.2. The fourth-order valence-corrected chi connectivity index (χ4v) is 9.16. The second-order valence-electron chi connectivity index (χ2n) is 11.8. The van der Waals surface area contributed by atoms with Gasteiger partial charge in [0, 0.05) is 42.3 Å². The summed E-state index contributed by atoms with van der Waals surface area (Å²) >= 11 is 3.86. The van der Waals surface area contributed by atoms with Gasteiger partial charge in [0.15, 0.2) is 0 Å². The predicted octanol–water partition coefficient (Wildman–Crippen LogP) is 11.5. The minimum Gasteiger partial charge on any atom is -0.308 e. The number of aromatic nitrogens is 2. The number of thiophene rings is 2. The van der Waals surface area contributed by atoms with Crippen molar-refractivity contribution >= 4 is 85.1 Å². The van der Waals surface area contributed by atoms with Gasteiger partial charge in [0.1, 0.15) is 0 Å². The molecule has 4 heteroatoms. The summed E-state index contributed by atoms with van der Waals surface area (Å²) < 4.78 is 10.4.